The van der Waals surface area contributed by atoms with E-state index in [1.807, 2.05) is 0 Å². The zero-order valence-electron chi connectivity index (χ0n) is 10.3. The van der Waals surface area contributed by atoms with Gasteiger partial charge >= 0.3 is 0 Å². The summed E-state index contributed by atoms with van der Waals surface area (Å²) in [6, 6.07) is 0. The van der Waals surface area contributed by atoms with Gasteiger partial charge in [-0.05, 0) is 24.7 Å². The first-order valence-corrected chi connectivity index (χ1v) is 7.08. The fourth-order valence-corrected chi connectivity index (χ4v) is 2.35. The van der Waals surface area contributed by atoms with E-state index >= 15 is 0 Å². The molecule has 0 aromatic heterocycles. The number of alkyl halides is 1. The molecule has 0 aromatic rings. The summed E-state index contributed by atoms with van der Waals surface area (Å²) in [5.41, 5.74) is 0. The lowest BCUT2D eigenvalue weighted by Crippen LogP contribution is -2.30. The van der Waals surface area contributed by atoms with Crippen LogP contribution in [0.15, 0.2) is 0 Å². The molecule has 94 valence electrons. The Kier molecular flexibility index (Phi) is 6.86. The highest BCUT2D eigenvalue weighted by molar-refractivity contribution is 6.18. The summed E-state index contributed by atoms with van der Waals surface area (Å²) in [5, 5.41) is 2.98. The molecular formula is C13H24ClNO. The molecule has 16 heavy (non-hydrogen) atoms. The van der Waals surface area contributed by atoms with Crippen LogP contribution in [0.2, 0.25) is 0 Å². The predicted octanol–water partition coefficient (Wildman–Crippen LogP) is 3.34. The van der Waals surface area contributed by atoms with Crippen molar-refractivity contribution < 1.29 is 4.79 Å². The van der Waals surface area contributed by atoms with Crippen LogP contribution in [0.25, 0.3) is 0 Å². The summed E-state index contributed by atoms with van der Waals surface area (Å²) in [6.45, 7) is 2.77. The summed E-state index contributed by atoms with van der Waals surface area (Å²) in [5.74, 6) is 1.82. The van der Waals surface area contributed by atoms with Crippen LogP contribution in [0, 0.1) is 11.8 Å². The molecule has 2 nitrogen and oxygen atoms in total. The molecule has 1 fully saturated rings. The third-order valence-electron chi connectivity index (χ3n) is 3.36. The Hall–Kier alpha value is -0.240. The van der Waals surface area contributed by atoms with E-state index < -0.39 is 0 Å². The van der Waals surface area contributed by atoms with E-state index in [9.17, 15) is 4.79 Å². The van der Waals surface area contributed by atoms with Gasteiger partial charge in [0, 0.05) is 18.8 Å². The molecule has 1 aliphatic carbocycles. The second-order valence-electron chi connectivity index (χ2n) is 5.13. The SMILES string of the molecule is CC(CCl)CNC(=O)CC1CCCCCC1. The monoisotopic (exact) mass is 245 g/mol. The zero-order valence-corrected chi connectivity index (χ0v) is 11.1. The van der Waals surface area contributed by atoms with Gasteiger partial charge in [-0.25, -0.2) is 0 Å². The summed E-state index contributed by atoms with van der Waals surface area (Å²) in [6.07, 6.45) is 8.49. The molecule has 1 unspecified atom stereocenters. The van der Waals surface area contributed by atoms with Crippen LogP contribution in [0.5, 0.6) is 0 Å². The Labute approximate surface area is 104 Å². The molecule has 0 aliphatic heterocycles. The summed E-state index contributed by atoms with van der Waals surface area (Å²) in [7, 11) is 0. The van der Waals surface area contributed by atoms with Crippen molar-refractivity contribution in [3.63, 3.8) is 0 Å². The lowest BCUT2D eigenvalue weighted by Gasteiger charge is -2.14. The van der Waals surface area contributed by atoms with Gasteiger partial charge in [-0.1, -0.05) is 32.6 Å². The molecule has 0 aromatic carbocycles. The van der Waals surface area contributed by atoms with E-state index in [-0.39, 0.29) is 5.91 Å². The van der Waals surface area contributed by atoms with Crippen LogP contribution in [0.4, 0.5) is 0 Å². The smallest absolute Gasteiger partial charge is 0.220 e. The Bertz CT molecular complexity index is 200. The second-order valence-corrected chi connectivity index (χ2v) is 5.43. The van der Waals surface area contributed by atoms with Crippen molar-refractivity contribution in [3.8, 4) is 0 Å². The number of amides is 1. The fraction of sp³-hybridized carbons (Fsp3) is 0.923. The molecule has 1 saturated carbocycles. The number of nitrogens with one attached hydrogen (secondary N) is 1. The van der Waals surface area contributed by atoms with Crippen molar-refractivity contribution >= 4 is 17.5 Å². The molecule has 1 atom stereocenters. The Morgan fingerprint density at radius 3 is 2.50 bits per heavy atom. The molecule has 1 amide bonds. The first-order chi connectivity index (χ1) is 7.72. The molecule has 1 rings (SSSR count). The van der Waals surface area contributed by atoms with E-state index in [0.717, 1.165) is 13.0 Å². The van der Waals surface area contributed by atoms with Crippen LogP contribution in [0.3, 0.4) is 0 Å². The van der Waals surface area contributed by atoms with Crippen molar-refractivity contribution in [1.29, 1.82) is 0 Å². The normalized spacial score (nSPS) is 20.1. The third-order valence-corrected chi connectivity index (χ3v) is 3.89. The maximum atomic E-state index is 11.7. The van der Waals surface area contributed by atoms with Crippen molar-refractivity contribution in [2.24, 2.45) is 11.8 Å². The van der Waals surface area contributed by atoms with E-state index in [1.54, 1.807) is 0 Å². The minimum atomic E-state index is 0.212. The minimum Gasteiger partial charge on any atom is -0.356 e. The van der Waals surface area contributed by atoms with Gasteiger partial charge in [0.2, 0.25) is 5.91 Å². The van der Waals surface area contributed by atoms with Crippen molar-refractivity contribution in [1.82, 2.24) is 5.32 Å². The molecule has 0 saturated heterocycles. The average molecular weight is 246 g/mol. The number of hydrogen-bond donors (Lipinski definition) is 1. The lowest BCUT2D eigenvalue weighted by molar-refractivity contribution is -0.122. The average Bonchev–Trinajstić information content (AvgIpc) is 2.54. The van der Waals surface area contributed by atoms with Crippen molar-refractivity contribution in [3.05, 3.63) is 0 Å². The topological polar surface area (TPSA) is 29.1 Å². The van der Waals surface area contributed by atoms with Crippen LogP contribution in [-0.2, 0) is 4.79 Å². The van der Waals surface area contributed by atoms with Gasteiger partial charge < -0.3 is 5.32 Å². The lowest BCUT2D eigenvalue weighted by atomic mass is 9.96. The van der Waals surface area contributed by atoms with E-state index in [4.69, 9.17) is 11.6 Å². The van der Waals surface area contributed by atoms with Gasteiger partial charge in [0.1, 0.15) is 0 Å². The highest BCUT2D eigenvalue weighted by atomic mass is 35.5. The highest BCUT2D eigenvalue weighted by Crippen LogP contribution is 2.25. The number of rotatable bonds is 5. The Balaban J connectivity index is 2.16. The molecule has 1 aliphatic rings. The Morgan fingerprint density at radius 1 is 1.31 bits per heavy atom. The molecule has 0 bridgehead atoms. The quantitative estimate of drug-likeness (QED) is 0.584. The molecular weight excluding hydrogens is 222 g/mol. The van der Waals surface area contributed by atoms with Gasteiger partial charge in [0.15, 0.2) is 0 Å². The maximum absolute atomic E-state index is 11.7. The third kappa shape index (κ3) is 5.74. The van der Waals surface area contributed by atoms with E-state index in [2.05, 4.69) is 12.2 Å². The fourth-order valence-electron chi connectivity index (χ4n) is 2.25. The van der Waals surface area contributed by atoms with Gasteiger partial charge in [-0.2, -0.15) is 0 Å². The molecule has 0 heterocycles. The van der Waals surface area contributed by atoms with Crippen LogP contribution < -0.4 is 5.32 Å². The van der Waals surface area contributed by atoms with Crippen molar-refractivity contribution in [2.45, 2.75) is 51.9 Å². The molecule has 1 N–H and O–H groups in total. The first-order valence-electron chi connectivity index (χ1n) is 6.55. The van der Waals surface area contributed by atoms with Crippen LogP contribution in [0.1, 0.15) is 51.9 Å². The molecule has 0 radical (unpaired) electrons. The summed E-state index contributed by atoms with van der Waals surface area (Å²) < 4.78 is 0. The van der Waals surface area contributed by atoms with E-state index in [1.165, 1.54) is 38.5 Å². The standard InChI is InChI=1S/C13H24ClNO/c1-11(9-14)10-15-13(16)8-12-6-4-2-3-5-7-12/h11-12H,2-10H2,1H3,(H,15,16). The summed E-state index contributed by atoms with van der Waals surface area (Å²) >= 11 is 5.70. The number of carbonyl (C=O) groups is 1. The minimum absolute atomic E-state index is 0.212. The van der Waals surface area contributed by atoms with Crippen molar-refractivity contribution in [2.75, 3.05) is 12.4 Å². The molecule has 3 heteroatoms. The van der Waals surface area contributed by atoms with E-state index in [0.29, 0.717) is 17.7 Å². The van der Waals surface area contributed by atoms with Gasteiger partial charge in [-0.15, -0.1) is 11.6 Å². The number of hydrogen-bond acceptors (Lipinski definition) is 1. The maximum Gasteiger partial charge on any atom is 0.220 e. The number of halogens is 1. The number of carbonyl (C=O) groups excluding carboxylic acids is 1. The van der Waals surface area contributed by atoms with Gasteiger partial charge in [-0.3, -0.25) is 4.79 Å². The van der Waals surface area contributed by atoms with Crippen LogP contribution in [-0.4, -0.2) is 18.3 Å². The first kappa shape index (κ1) is 13.8. The summed E-state index contributed by atoms with van der Waals surface area (Å²) in [4.78, 5) is 11.7. The molecule has 0 spiro atoms. The largest absolute Gasteiger partial charge is 0.356 e. The Morgan fingerprint density at radius 2 is 1.94 bits per heavy atom. The van der Waals surface area contributed by atoms with Crippen LogP contribution >= 0.6 is 11.6 Å². The second kappa shape index (κ2) is 7.94. The van der Waals surface area contributed by atoms with Gasteiger partial charge in [0.25, 0.3) is 0 Å². The predicted molar refractivity (Wildman–Crippen MR) is 68.7 cm³/mol. The van der Waals surface area contributed by atoms with Gasteiger partial charge in [0.05, 0.1) is 0 Å². The zero-order chi connectivity index (χ0) is 11.8. The highest BCUT2D eigenvalue weighted by Gasteiger charge is 2.16.